The monoisotopic (exact) mass is 389 g/mol. The summed E-state index contributed by atoms with van der Waals surface area (Å²) in [5, 5.41) is 17.4. The number of ether oxygens (including phenoxy) is 1. The molecule has 4 aromatic rings. The summed E-state index contributed by atoms with van der Waals surface area (Å²) in [7, 11) is 0. The Morgan fingerprint density at radius 1 is 1.14 bits per heavy atom. The minimum absolute atomic E-state index is 0.338. The van der Waals surface area contributed by atoms with Crippen LogP contribution in [0.4, 0.5) is 0 Å². The Hall–Kier alpha value is -4.27. The summed E-state index contributed by atoms with van der Waals surface area (Å²) in [6.07, 6.45) is 4.31. The highest BCUT2D eigenvalue weighted by Crippen LogP contribution is 2.13. The fourth-order valence-electron chi connectivity index (χ4n) is 2.67. The largest absolute Gasteiger partial charge is 0.482 e. The molecule has 0 amide bonds. The van der Waals surface area contributed by atoms with Crippen LogP contribution in [0.2, 0.25) is 0 Å². The number of rotatable bonds is 6. The molecule has 4 rings (SSSR count). The van der Waals surface area contributed by atoms with Crippen molar-refractivity contribution >= 4 is 23.2 Å². The van der Waals surface area contributed by atoms with Crippen LogP contribution in [0.3, 0.4) is 0 Å². The third-order valence-electron chi connectivity index (χ3n) is 4.05. The molecule has 0 spiro atoms. The summed E-state index contributed by atoms with van der Waals surface area (Å²) in [4.78, 5) is 27.5. The van der Waals surface area contributed by atoms with Gasteiger partial charge in [-0.05, 0) is 42.0 Å². The van der Waals surface area contributed by atoms with E-state index in [1.165, 1.54) is 18.7 Å². The lowest BCUT2D eigenvalue weighted by Gasteiger charge is -2.03. The number of nitrogens with zero attached hydrogens (tertiary/aromatic N) is 5. The quantitative estimate of drug-likeness (QED) is 0.504. The molecule has 0 aliphatic heterocycles. The highest BCUT2D eigenvalue weighted by Gasteiger charge is 2.10. The summed E-state index contributed by atoms with van der Waals surface area (Å²) >= 11 is 0. The van der Waals surface area contributed by atoms with Crippen molar-refractivity contribution < 1.29 is 14.6 Å². The topological polar surface area (TPSA) is 112 Å². The number of hydrogen-bond donors (Lipinski definition) is 1. The van der Waals surface area contributed by atoms with Gasteiger partial charge in [0.2, 0.25) is 0 Å². The van der Waals surface area contributed by atoms with Gasteiger partial charge in [-0.2, -0.15) is 14.9 Å². The predicted octanol–water partition coefficient (Wildman–Crippen LogP) is 1.93. The SMILES string of the molecule is O=C(O)COc1ccc(/C=N\n2cnc3c(cnn3-c3ccccc3)c2=O)cc1. The number of carbonyl (C=O) groups is 1. The first kappa shape index (κ1) is 18.1. The Kier molecular flexibility index (Phi) is 4.85. The molecule has 2 heterocycles. The second-order valence-corrected chi connectivity index (χ2v) is 6.02. The molecule has 1 N–H and O–H groups in total. The van der Waals surface area contributed by atoms with Crippen LogP contribution in [0.1, 0.15) is 5.56 Å². The molecule has 29 heavy (non-hydrogen) atoms. The molecule has 0 bridgehead atoms. The van der Waals surface area contributed by atoms with Gasteiger partial charge in [0.1, 0.15) is 17.5 Å². The number of carboxylic acid groups (broad SMARTS) is 1. The van der Waals surface area contributed by atoms with Gasteiger partial charge in [0, 0.05) is 0 Å². The molecule has 0 unspecified atom stereocenters. The second-order valence-electron chi connectivity index (χ2n) is 6.02. The van der Waals surface area contributed by atoms with Crippen molar-refractivity contribution in [2.45, 2.75) is 0 Å². The van der Waals surface area contributed by atoms with Crippen LogP contribution in [0.25, 0.3) is 16.7 Å². The van der Waals surface area contributed by atoms with Crippen LogP contribution in [-0.2, 0) is 4.79 Å². The van der Waals surface area contributed by atoms with Gasteiger partial charge in [-0.1, -0.05) is 18.2 Å². The van der Waals surface area contributed by atoms with E-state index in [2.05, 4.69) is 15.2 Å². The van der Waals surface area contributed by atoms with Gasteiger partial charge in [-0.3, -0.25) is 4.79 Å². The van der Waals surface area contributed by atoms with Gasteiger partial charge in [0.15, 0.2) is 12.3 Å². The van der Waals surface area contributed by atoms with E-state index < -0.39 is 12.6 Å². The normalized spacial score (nSPS) is 11.2. The van der Waals surface area contributed by atoms with Crippen LogP contribution < -0.4 is 10.3 Å². The van der Waals surface area contributed by atoms with Crippen molar-refractivity contribution in [1.29, 1.82) is 0 Å². The molecular weight excluding hydrogens is 374 g/mol. The maximum absolute atomic E-state index is 12.7. The van der Waals surface area contributed by atoms with E-state index in [1.54, 1.807) is 28.9 Å². The van der Waals surface area contributed by atoms with E-state index >= 15 is 0 Å². The summed E-state index contributed by atoms with van der Waals surface area (Å²) < 4.78 is 7.80. The number of aliphatic carboxylic acids is 1. The smallest absolute Gasteiger partial charge is 0.341 e. The number of fused-ring (bicyclic) bond motifs is 1. The molecule has 9 nitrogen and oxygen atoms in total. The van der Waals surface area contributed by atoms with Crippen molar-refractivity contribution in [3.63, 3.8) is 0 Å². The molecule has 144 valence electrons. The zero-order chi connectivity index (χ0) is 20.2. The van der Waals surface area contributed by atoms with Gasteiger partial charge < -0.3 is 9.84 Å². The highest BCUT2D eigenvalue weighted by molar-refractivity contribution is 5.80. The lowest BCUT2D eigenvalue weighted by atomic mass is 10.2. The highest BCUT2D eigenvalue weighted by atomic mass is 16.5. The Bertz CT molecular complexity index is 1240. The van der Waals surface area contributed by atoms with Crippen LogP contribution >= 0.6 is 0 Å². The lowest BCUT2D eigenvalue weighted by molar-refractivity contribution is -0.139. The Morgan fingerprint density at radius 3 is 2.62 bits per heavy atom. The third kappa shape index (κ3) is 3.88. The molecule has 0 saturated carbocycles. The lowest BCUT2D eigenvalue weighted by Crippen LogP contribution is -2.17. The molecule has 0 fully saturated rings. The summed E-state index contributed by atoms with van der Waals surface area (Å²) in [5.74, 6) is -0.619. The molecule has 9 heteroatoms. The molecule has 0 atom stereocenters. The van der Waals surface area contributed by atoms with Gasteiger partial charge in [-0.15, -0.1) is 0 Å². The first-order valence-corrected chi connectivity index (χ1v) is 8.61. The standard InChI is InChI=1S/C20H15N5O4/c26-18(27)12-29-16-8-6-14(7-9-16)10-22-24-13-21-19-17(20(24)28)11-23-25(19)15-4-2-1-3-5-15/h1-11,13H,12H2,(H,26,27)/b22-10-. The van der Waals surface area contributed by atoms with Crippen molar-refractivity contribution in [2.75, 3.05) is 6.61 Å². The molecule has 2 aromatic carbocycles. The van der Waals surface area contributed by atoms with Crippen molar-refractivity contribution in [3.05, 3.63) is 83.0 Å². The van der Waals surface area contributed by atoms with Crippen molar-refractivity contribution in [3.8, 4) is 11.4 Å². The van der Waals surface area contributed by atoms with Crippen LogP contribution in [0, 0.1) is 0 Å². The van der Waals surface area contributed by atoms with Gasteiger partial charge in [0.25, 0.3) is 5.56 Å². The molecule has 0 radical (unpaired) electrons. The van der Waals surface area contributed by atoms with Crippen LogP contribution in [0.15, 0.2) is 77.0 Å². The predicted molar refractivity (Wildman–Crippen MR) is 106 cm³/mol. The minimum Gasteiger partial charge on any atom is -0.482 e. The Morgan fingerprint density at radius 2 is 1.90 bits per heavy atom. The van der Waals surface area contributed by atoms with Gasteiger partial charge in [-0.25, -0.2) is 14.5 Å². The molecular formula is C20H15N5O4. The summed E-state index contributed by atoms with van der Waals surface area (Å²) in [6.45, 7) is -0.412. The Labute approximate surface area is 164 Å². The Balaban J connectivity index is 1.58. The van der Waals surface area contributed by atoms with E-state index in [0.29, 0.717) is 22.3 Å². The van der Waals surface area contributed by atoms with E-state index in [4.69, 9.17) is 9.84 Å². The average Bonchev–Trinajstić information content (AvgIpc) is 3.18. The van der Waals surface area contributed by atoms with E-state index in [-0.39, 0.29) is 5.56 Å². The van der Waals surface area contributed by atoms with Gasteiger partial charge >= 0.3 is 5.97 Å². The minimum atomic E-state index is -1.05. The fraction of sp³-hybridized carbons (Fsp3) is 0.0500. The van der Waals surface area contributed by atoms with Crippen LogP contribution in [0.5, 0.6) is 5.75 Å². The summed E-state index contributed by atoms with van der Waals surface area (Å²) in [5.41, 5.74) is 1.63. The molecule has 0 aliphatic carbocycles. The first-order valence-electron chi connectivity index (χ1n) is 8.61. The van der Waals surface area contributed by atoms with Crippen molar-refractivity contribution in [2.24, 2.45) is 5.10 Å². The fourth-order valence-corrected chi connectivity index (χ4v) is 2.67. The van der Waals surface area contributed by atoms with Crippen molar-refractivity contribution in [1.82, 2.24) is 19.4 Å². The third-order valence-corrected chi connectivity index (χ3v) is 4.05. The molecule has 0 saturated heterocycles. The van der Waals surface area contributed by atoms with Crippen LogP contribution in [-0.4, -0.2) is 43.3 Å². The summed E-state index contributed by atoms with van der Waals surface area (Å²) in [6, 6.07) is 16.1. The number of benzene rings is 2. The van der Waals surface area contributed by atoms with Gasteiger partial charge in [0.05, 0.1) is 18.1 Å². The van der Waals surface area contributed by atoms with E-state index in [9.17, 15) is 9.59 Å². The zero-order valence-electron chi connectivity index (χ0n) is 15.0. The number of aromatic nitrogens is 4. The number of carboxylic acids is 1. The molecule has 0 aliphatic rings. The van der Waals surface area contributed by atoms with E-state index in [1.807, 2.05) is 30.3 Å². The molecule has 2 aromatic heterocycles. The number of hydrogen-bond acceptors (Lipinski definition) is 6. The van der Waals surface area contributed by atoms with E-state index in [0.717, 1.165) is 10.4 Å². The maximum atomic E-state index is 12.7. The average molecular weight is 389 g/mol. The number of para-hydroxylation sites is 1. The first-order chi connectivity index (χ1) is 14.1. The zero-order valence-corrected chi connectivity index (χ0v) is 15.0. The second kappa shape index (κ2) is 7.77. The maximum Gasteiger partial charge on any atom is 0.341 e.